The fourth-order valence-corrected chi connectivity index (χ4v) is 4.79. The minimum absolute atomic E-state index is 0.142. The Morgan fingerprint density at radius 3 is 2.25 bits per heavy atom. The molecule has 152 valence electrons. The van der Waals surface area contributed by atoms with Gasteiger partial charge in [0.2, 0.25) is 10.0 Å². The highest BCUT2D eigenvalue weighted by molar-refractivity contribution is 7.89. The number of aryl methyl sites for hydroxylation is 1. The van der Waals surface area contributed by atoms with Gasteiger partial charge in [-0.3, -0.25) is 4.79 Å². The lowest BCUT2D eigenvalue weighted by Crippen LogP contribution is -2.32. The number of benzene rings is 2. The molecule has 0 heterocycles. The first kappa shape index (κ1) is 22.0. The van der Waals surface area contributed by atoms with Gasteiger partial charge in [0.05, 0.1) is 4.90 Å². The van der Waals surface area contributed by atoms with E-state index in [4.69, 9.17) is 0 Å². The number of rotatable bonds is 8. The van der Waals surface area contributed by atoms with Crippen LogP contribution < -0.4 is 0 Å². The number of nitrogens with zero attached hydrogens (tertiary/aromatic N) is 2. The van der Waals surface area contributed by atoms with E-state index in [1.807, 2.05) is 6.92 Å². The Kier molecular flexibility index (Phi) is 7.32. The SMILES string of the molecule is CCN(Cc1cccc(F)c1)C(=O)c1ccc(C)c(S(=O)(=O)N(CC)CC)c1. The van der Waals surface area contributed by atoms with Crippen LogP contribution in [0.1, 0.15) is 42.3 Å². The van der Waals surface area contributed by atoms with Crippen LogP contribution in [0.3, 0.4) is 0 Å². The molecule has 0 aliphatic heterocycles. The van der Waals surface area contributed by atoms with E-state index in [1.165, 1.54) is 22.5 Å². The highest BCUT2D eigenvalue weighted by atomic mass is 32.2. The van der Waals surface area contributed by atoms with Gasteiger partial charge in [-0.1, -0.05) is 32.0 Å². The average Bonchev–Trinajstić information content (AvgIpc) is 2.66. The molecule has 0 unspecified atom stereocenters. The third-order valence-corrected chi connectivity index (χ3v) is 6.88. The van der Waals surface area contributed by atoms with E-state index in [9.17, 15) is 17.6 Å². The summed E-state index contributed by atoms with van der Waals surface area (Å²) in [6, 6.07) is 10.8. The molecule has 0 N–H and O–H groups in total. The largest absolute Gasteiger partial charge is 0.335 e. The molecule has 0 saturated carbocycles. The second-order valence-electron chi connectivity index (χ2n) is 6.52. The molecule has 0 atom stereocenters. The molecule has 0 bridgehead atoms. The summed E-state index contributed by atoms with van der Waals surface area (Å²) in [6.07, 6.45) is 0. The van der Waals surface area contributed by atoms with Crippen molar-refractivity contribution >= 4 is 15.9 Å². The van der Waals surface area contributed by atoms with Gasteiger partial charge in [0.15, 0.2) is 0 Å². The first-order valence-corrected chi connectivity index (χ1v) is 10.8. The minimum atomic E-state index is -3.67. The first-order chi connectivity index (χ1) is 13.2. The third kappa shape index (κ3) is 4.77. The van der Waals surface area contributed by atoms with Crippen molar-refractivity contribution in [3.63, 3.8) is 0 Å². The van der Waals surface area contributed by atoms with E-state index in [1.54, 1.807) is 49.9 Å². The molecule has 0 saturated heterocycles. The maximum absolute atomic E-state index is 13.4. The topological polar surface area (TPSA) is 57.7 Å². The fourth-order valence-electron chi connectivity index (χ4n) is 3.08. The third-order valence-electron chi connectivity index (χ3n) is 4.69. The molecule has 5 nitrogen and oxygen atoms in total. The fraction of sp³-hybridized carbons (Fsp3) is 0.381. The van der Waals surface area contributed by atoms with Crippen molar-refractivity contribution < 1.29 is 17.6 Å². The van der Waals surface area contributed by atoms with E-state index in [2.05, 4.69) is 0 Å². The van der Waals surface area contributed by atoms with Crippen LogP contribution in [0.2, 0.25) is 0 Å². The molecule has 7 heteroatoms. The Morgan fingerprint density at radius 1 is 1.00 bits per heavy atom. The second kappa shape index (κ2) is 9.30. The molecule has 0 aliphatic carbocycles. The summed E-state index contributed by atoms with van der Waals surface area (Å²) in [5, 5.41) is 0. The summed E-state index contributed by atoms with van der Waals surface area (Å²) in [5.74, 6) is -0.647. The Morgan fingerprint density at radius 2 is 1.68 bits per heavy atom. The first-order valence-electron chi connectivity index (χ1n) is 9.39. The molecule has 0 spiro atoms. The summed E-state index contributed by atoms with van der Waals surface area (Å²) < 4.78 is 40.6. The summed E-state index contributed by atoms with van der Waals surface area (Å²) in [7, 11) is -3.67. The molecule has 2 aromatic carbocycles. The van der Waals surface area contributed by atoms with Crippen molar-refractivity contribution in [2.24, 2.45) is 0 Å². The normalized spacial score (nSPS) is 11.6. The van der Waals surface area contributed by atoms with Crippen molar-refractivity contribution in [2.75, 3.05) is 19.6 Å². The minimum Gasteiger partial charge on any atom is -0.335 e. The molecule has 0 aromatic heterocycles. The molecular weight excluding hydrogens is 379 g/mol. The van der Waals surface area contributed by atoms with Gasteiger partial charge in [0.1, 0.15) is 5.82 Å². The van der Waals surface area contributed by atoms with Crippen LogP contribution in [0, 0.1) is 12.7 Å². The summed E-state index contributed by atoms with van der Waals surface area (Å²) in [6.45, 7) is 8.50. The smallest absolute Gasteiger partial charge is 0.254 e. The van der Waals surface area contributed by atoms with Gasteiger partial charge >= 0.3 is 0 Å². The zero-order valence-corrected chi connectivity index (χ0v) is 17.6. The van der Waals surface area contributed by atoms with Crippen molar-refractivity contribution in [1.29, 1.82) is 0 Å². The van der Waals surface area contributed by atoms with Gasteiger partial charge in [0.25, 0.3) is 5.91 Å². The lowest BCUT2D eigenvalue weighted by Gasteiger charge is -2.23. The maximum Gasteiger partial charge on any atom is 0.254 e. The van der Waals surface area contributed by atoms with Crippen LogP contribution >= 0.6 is 0 Å². The van der Waals surface area contributed by atoms with Gasteiger partial charge < -0.3 is 4.90 Å². The van der Waals surface area contributed by atoms with Crippen LogP contribution in [0.25, 0.3) is 0 Å². The van der Waals surface area contributed by atoms with E-state index in [-0.39, 0.29) is 23.2 Å². The molecule has 2 aromatic rings. The predicted molar refractivity (Wildman–Crippen MR) is 108 cm³/mol. The molecule has 0 aliphatic rings. The summed E-state index contributed by atoms with van der Waals surface area (Å²) in [5.41, 5.74) is 1.57. The molecule has 2 rings (SSSR count). The number of hydrogen-bond donors (Lipinski definition) is 0. The molecule has 0 radical (unpaired) electrons. The van der Waals surface area contributed by atoms with Gasteiger partial charge in [-0.25, -0.2) is 12.8 Å². The Balaban J connectivity index is 2.37. The van der Waals surface area contributed by atoms with Crippen LogP contribution in [0.5, 0.6) is 0 Å². The van der Waals surface area contributed by atoms with Crippen LogP contribution in [-0.2, 0) is 16.6 Å². The van der Waals surface area contributed by atoms with Gasteiger partial charge in [-0.2, -0.15) is 4.31 Å². The van der Waals surface area contributed by atoms with E-state index in [0.717, 1.165) is 0 Å². The quantitative estimate of drug-likeness (QED) is 0.670. The van der Waals surface area contributed by atoms with E-state index in [0.29, 0.717) is 36.3 Å². The Bertz CT molecular complexity index is 940. The van der Waals surface area contributed by atoms with Crippen molar-refractivity contribution in [3.05, 3.63) is 65.0 Å². The number of hydrogen-bond acceptors (Lipinski definition) is 3. The Hall–Kier alpha value is -2.25. The number of carbonyl (C=O) groups excluding carboxylic acids is 1. The van der Waals surface area contributed by atoms with Gasteiger partial charge in [-0.15, -0.1) is 0 Å². The van der Waals surface area contributed by atoms with Crippen molar-refractivity contribution in [2.45, 2.75) is 39.1 Å². The lowest BCUT2D eigenvalue weighted by atomic mass is 10.1. The maximum atomic E-state index is 13.4. The monoisotopic (exact) mass is 406 g/mol. The van der Waals surface area contributed by atoms with Crippen molar-refractivity contribution in [3.8, 4) is 0 Å². The zero-order valence-electron chi connectivity index (χ0n) is 16.8. The number of halogens is 1. The lowest BCUT2D eigenvalue weighted by molar-refractivity contribution is 0.0752. The van der Waals surface area contributed by atoms with Gasteiger partial charge in [-0.05, 0) is 49.2 Å². The van der Waals surface area contributed by atoms with Crippen LogP contribution in [0.15, 0.2) is 47.4 Å². The number of sulfonamides is 1. The van der Waals surface area contributed by atoms with Crippen LogP contribution in [0.4, 0.5) is 4.39 Å². The predicted octanol–water partition coefficient (Wildman–Crippen LogP) is 3.83. The summed E-state index contributed by atoms with van der Waals surface area (Å²) >= 11 is 0. The Labute approximate surface area is 166 Å². The highest BCUT2D eigenvalue weighted by Gasteiger charge is 2.25. The van der Waals surface area contributed by atoms with Gasteiger partial charge in [0, 0.05) is 31.7 Å². The number of amides is 1. The standard InChI is InChI=1S/C21H27FN2O3S/c1-5-23(15-17-9-8-10-19(22)13-17)21(25)18-12-11-16(4)20(14-18)28(26,27)24(6-2)7-3/h8-14H,5-7,15H2,1-4H3. The van der Waals surface area contributed by atoms with E-state index >= 15 is 0 Å². The molecular formula is C21H27FN2O3S. The highest BCUT2D eigenvalue weighted by Crippen LogP contribution is 2.22. The average molecular weight is 407 g/mol. The summed E-state index contributed by atoms with van der Waals surface area (Å²) in [4.78, 5) is 14.7. The molecule has 28 heavy (non-hydrogen) atoms. The van der Waals surface area contributed by atoms with Crippen molar-refractivity contribution in [1.82, 2.24) is 9.21 Å². The van der Waals surface area contributed by atoms with Crippen LogP contribution in [-0.4, -0.2) is 43.2 Å². The molecule has 0 fully saturated rings. The van der Waals surface area contributed by atoms with E-state index < -0.39 is 10.0 Å². The zero-order chi connectivity index (χ0) is 20.9. The second-order valence-corrected chi connectivity index (χ2v) is 8.43. The molecule has 1 amide bonds. The number of carbonyl (C=O) groups is 1.